The zero-order valence-corrected chi connectivity index (χ0v) is 19.2. The van der Waals surface area contributed by atoms with Crippen molar-refractivity contribution < 1.29 is 0 Å². The summed E-state index contributed by atoms with van der Waals surface area (Å²) >= 11 is 0. The molecule has 3 aromatic heterocycles. The summed E-state index contributed by atoms with van der Waals surface area (Å²) in [5.41, 5.74) is 4.44. The standard InChI is InChI=1S/C19H26N8.HI/c1-13-17(14(2)26(5)25-13)12-24-19(20-4)23-11-16-7-6-8-22-18(16)27-10-9-21-15(27)3;/h6-10H,11-12H2,1-5H3,(H2,20,23,24);1H. The first-order chi connectivity index (χ1) is 13.0. The van der Waals surface area contributed by atoms with Crippen molar-refractivity contribution >= 4 is 29.9 Å². The third-order valence-corrected chi connectivity index (χ3v) is 4.68. The van der Waals surface area contributed by atoms with E-state index in [1.807, 2.05) is 42.4 Å². The van der Waals surface area contributed by atoms with Crippen molar-refractivity contribution in [3.8, 4) is 5.82 Å². The quantitative estimate of drug-likeness (QED) is 0.324. The fraction of sp³-hybridized carbons (Fsp3) is 0.368. The molecule has 0 aliphatic rings. The average Bonchev–Trinajstić information content (AvgIpc) is 3.19. The normalized spacial score (nSPS) is 11.2. The van der Waals surface area contributed by atoms with E-state index in [9.17, 15) is 0 Å². The molecule has 3 rings (SSSR count). The zero-order chi connectivity index (χ0) is 19.4. The summed E-state index contributed by atoms with van der Waals surface area (Å²) in [6.45, 7) is 7.33. The van der Waals surface area contributed by atoms with Crippen LogP contribution in [0.1, 0.15) is 28.3 Å². The van der Waals surface area contributed by atoms with Crippen LogP contribution < -0.4 is 10.6 Å². The number of aliphatic imine (C=N–C) groups is 1. The molecule has 0 unspecified atom stereocenters. The summed E-state index contributed by atoms with van der Waals surface area (Å²) in [7, 11) is 3.73. The van der Waals surface area contributed by atoms with Crippen molar-refractivity contribution in [3.05, 3.63) is 59.1 Å². The van der Waals surface area contributed by atoms with Crippen molar-refractivity contribution in [3.63, 3.8) is 0 Å². The van der Waals surface area contributed by atoms with Crippen LogP contribution in [-0.4, -0.2) is 37.3 Å². The number of hydrogen-bond acceptors (Lipinski definition) is 4. The van der Waals surface area contributed by atoms with Crippen molar-refractivity contribution in [2.45, 2.75) is 33.9 Å². The molecular formula is C19H27IN8. The van der Waals surface area contributed by atoms with E-state index in [0.717, 1.165) is 34.6 Å². The lowest BCUT2D eigenvalue weighted by molar-refractivity contribution is 0.728. The van der Waals surface area contributed by atoms with E-state index in [0.29, 0.717) is 13.1 Å². The highest BCUT2D eigenvalue weighted by Crippen LogP contribution is 2.13. The van der Waals surface area contributed by atoms with Crippen LogP contribution >= 0.6 is 24.0 Å². The Labute approximate surface area is 182 Å². The third kappa shape index (κ3) is 4.70. The van der Waals surface area contributed by atoms with Crippen LogP contribution in [-0.2, 0) is 20.1 Å². The van der Waals surface area contributed by atoms with E-state index >= 15 is 0 Å². The molecule has 0 fully saturated rings. The zero-order valence-electron chi connectivity index (χ0n) is 16.9. The van der Waals surface area contributed by atoms with Crippen LogP contribution in [0, 0.1) is 20.8 Å². The topological polar surface area (TPSA) is 84.9 Å². The van der Waals surface area contributed by atoms with Gasteiger partial charge in [0.2, 0.25) is 0 Å². The summed E-state index contributed by atoms with van der Waals surface area (Å²) < 4.78 is 3.88. The molecule has 0 saturated carbocycles. The third-order valence-electron chi connectivity index (χ3n) is 4.68. The maximum Gasteiger partial charge on any atom is 0.191 e. The minimum Gasteiger partial charge on any atom is -0.352 e. The Bertz CT molecular complexity index is 957. The smallest absolute Gasteiger partial charge is 0.191 e. The van der Waals surface area contributed by atoms with Gasteiger partial charge in [-0.15, -0.1) is 24.0 Å². The van der Waals surface area contributed by atoms with Crippen molar-refractivity contribution in [2.75, 3.05) is 7.05 Å². The summed E-state index contributed by atoms with van der Waals surface area (Å²) in [4.78, 5) is 13.1. The molecule has 0 spiro atoms. The second-order valence-electron chi connectivity index (χ2n) is 6.38. The highest BCUT2D eigenvalue weighted by molar-refractivity contribution is 14.0. The van der Waals surface area contributed by atoms with E-state index in [1.165, 1.54) is 5.56 Å². The fourth-order valence-electron chi connectivity index (χ4n) is 3.03. The van der Waals surface area contributed by atoms with Gasteiger partial charge in [0.1, 0.15) is 11.6 Å². The molecular weight excluding hydrogens is 467 g/mol. The van der Waals surface area contributed by atoms with Crippen molar-refractivity contribution in [2.24, 2.45) is 12.0 Å². The van der Waals surface area contributed by atoms with Gasteiger partial charge in [0.15, 0.2) is 5.96 Å². The Morgan fingerprint density at radius 2 is 1.86 bits per heavy atom. The SMILES string of the molecule is CN=C(NCc1cccnc1-n1ccnc1C)NCc1c(C)nn(C)c1C.I. The number of pyridine rings is 1. The monoisotopic (exact) mass is 494 g/mol. The van der Waals surface area contributed by atoms with Gasteiger partial charge in [-0.1, -0.05) is 6.07 Å². The first kappa shape index (κ1) is 21.9. The molecule has 0 aromatic carbocycles. The molecule has 2 N–H and O–H groups in total. The van der Waals surface area contributed by atoms with Crippen molar-refractivity contribution in [1.29, 1.82) is 0 Å². The van der Waals surface area contributed by atoms with Gasteiger partial charge in [-0.2, -0.15) is 5.10 Å². The largest absolute Gasteiger partial charge is 0.352 e. The fourth-order valence-corrected chi connectivity index (χ4v) is 3.03. The molecule has 0 radical (unpaired) electrons. The minimum atomic E-state index is 0. The molecule has 28 heavy (non-hydrogen) atoms. The molecule has 3 heterocycles. The molecule has 9 heteroatoms. The number of aromatic nitrogens is 5. The first-order valence-corrected chi connectivity index (χ1v) is 8.89. The second-order valence-corrected chi connectivity index (χ2v) is 6.38. The lowest BCUT2D eigenvalue weighted by atomic mass is 10.2. The van der Waals surface area contributed by atoms with Gasteiger partial charge < -0.3 is 10.6 Å². The van der Waals surface area contributed by atoms with Gasteiger partial charge in [0.25, 0.3) is 0 Å². The van der Waals surface area contributed by atoms with E-state index in [1.54, 1.807) is 19.4 Å². The number of nitrogens with one attached hydrogen (secondary N) is 2. The van der Waals surface area contributed by atoms with Crippen LogP contribution in [0.3, 0.4) is 0 Å². The number of rotatable bonds is 5. The van der Waals surface area contributed by atoms with E-state index in [2.05, 4.69) is 43.7 Å². The molecule has 3 aromatic rings. The highest BCUT2D eigenvalue weighted by Gasteiger charge is 2.11. The molecule has 0 bridgehead atoms. The van der Waals surface area contributed by atoms with Gasteiger partial charge in [-0.3, -0.25) is 14.2 Å². The minimum absolute atomic E-state index is 0. The Morgan fingerprint density at radius 3 is 2.46 bits per heavy atom. The number of halogens is 1. The Morgan fingerprint density at radius 1 is 1.11 bits per heavy atom. The Kier molecular flexibility index (Phi) is 7.55. The predicted molar refractivity (Wildman–Crippen MR) is 121 cm³/mol. The number of imidazole rings is 1. The van der Waals surface area contributed by atoms with Crippen LogP contribution in [0.2, 0.25) is 0 Å². The summed E-state index contributed by atoms with van der Waals surface area (Å²) in [5.74, 6) is 2.50. The Hall–Kier alpha value is -2.43. The van der Waals surface area contributed by atoms with Gasteiger partial charge in [0.05, 0.1) is 5.69 Å². The van der Waals surface area contributed by atoms with Crippen molar-refractivity contribution in [1.82, 2.24) is 34.9 Å². The van der Waals surface area contributed by atoms with Crippen LogP contribution in [0.5, 0.6) is 0 Å². The van der Waals surface area contributed by atoms with Crippen LogP contribution in [0.25, 0.3) is 5.82 Å². The number of guanidine groups is 1. The molecule has 0 aliphatic heterocycles. The maximum atomic E-state index is 4.52. The van der Waals surface area contributed by atoms with E-state index in [4.69, 9.17) is 0 Å². The van der Waals surface area contributed by atoms with E-state index < -0.39 is 0 Å². The molecule has 0 aliphatic carbocycles. The average molecular weight is 494 g/mol. The highest BCUT2D eigenvalue weighted by atomic mass is 127. The van der Waals surface area contributed by atoms with Gasteiger partial charge in [-0.25, -0.2) is 9.97 Å². The molecule has 0 amide bonds. The van der Waals surface area contributed by atoms with Gasteiger partial charge in [-0.05, 0) is 26.8 Å². The van der Waals surface area contributed by atoms with Crippen LogP contribution in [0.15, 0.2) is 35.7 Å². The number of nitrogens with zero attached hydrogens (tertiary/aromatic N) is 6. The predicted octanol–water partition coefficient (Wildman–Crippen LogP) is 2.41. The molecule has 8 nitrogen and oxygen atoms in total. The molecule has 0 saturated heterocycles. The number of hydrogen-bond donors (Lipinski definition) is 2. The van der Waals surface area contributed by atoms with Gasteiger partial charge >= 0.3 is 0 Å². The van der Waals surface area contributed by atoms with E-state index in [-0.39, 0.29) is 24.0 Å². The summed E-state index contributed by atoms with van der Waals surface area (Å²) in [5, 5.41) is 11.2. The maximum absolute atomic E-state index is 4.52. The molecule has 0 atom stereocenters. The molecule has 150 valence electrons. The lowest BCUT2D eigenvalue weighted by Crippen LogP contribution is -2.36. The summed E-state index contributed by atoms with van der Waals surface area (Å²) in [6, 6.07) is 3.99. The van der Waals surface area contributed by atoms with Gasteiger partial charge in [0, 0.05) is 62.6 Å². The lowest BCUT2D eigenvalue weighted by Gasteiger charge is -2.14. The first-order valence-electron chi connectivity index (χ1n) is 8.89. The number of aryl methyl sites for hydroxylation is 3. The second kappa shape index (κ2) is 9.67. The van der Waals surface area contributed by atoms with Crippen LogP contribution in [0.4, 0.5) is 0 Å². The Balaban J connectivity index is 0.00000280. The summed E-state index contributed by atoms with van der Waals surface area (Å²) in [6.07, 6.45) is 5.49.